The summed E-state index contributed by atoms with van der Waals surface area (Å²) in [5.41, 5.74) is 1.96. The molecule has 2 aliphatic heterocycles. The van der Waals surface area contributed by atoms with Crippen molar-refractivity contribution >= 4 is 17.3 Å². The van der Waals surface area contributed by atoms with Crippen LogP contribution in [0.1, 0.15) is 20.8 Å². The average molecular weight is 288 g/mol. The quantitative estimate of drug-likeness (QED) is 0.850. The lowest BCUT2D eigenvalue weighted by Crippen LogP contribution is -2.54. The van der Waals surface area contributed by atoms with E-state index in [1.54, 1.807) is 4.90 Å². The summed E-state index contributed by atoms with van der Waals surface area (Å²) in [5.74, 6) is 1.42. The molecule has 1 aromatic carbocycles. The standard InChI is InChI=1S/C16H20N2O3/c1-10(2)9-18-12-8-14-13(20-5-6-21-14)7-11(12)17-16(3,4)15(18)19/h7-8,17H,1,5-6,9H2,2-4H3. The van der Waals surface area contributed by atoms with Crippen molar-refractivity contribution in [1.82, 2.24) is 0 Å². The number of nitrogens with zero attached hydrogens (tertiary/aromatic N) is 1. The lowest BCUT2D eigenvalue weighted by Gasteiger charge is -2.40. The molecule has 2 heterocycles. The van der Waals surface area contributed by atoms with Crippen LogP contribution in [0.3, 0.4) is 0 Å². The van der Waals surface area contributed by atoms with E-state index in [9.17, 15) is 4.79 Å². The summed E-state index contributed by atoms with van der Waals surface area (Å²) < 4.78 is 11.2. The molecule has 0 aromatic heterocycles. The van der Waals surface area contributed by atoms with Gasteiger partial charge in [0.1, 0.15) is 18.8 Å². The van der Waals surface area contributed by atoms with Crippen LogP contribution in [0.4, 0.5) is 11.4 Å². The molecule has 0 saturated carbocycles. The Hall–Kier alpha value is -2.17. The van der Waals surface area contributed by atoms with Gasteiger partial charge in [-0.05, 0) is 20.8 Å². The van der Waals surface area contributed by atoms with Crippen molar-refractivity contribution in [2.24, 2.45) is 0 Å². The number of ether oxygens (including phenoxy) is 2. The Kier molecular flexibility index (Phi) is 3.08. The van der Waals surface area contributed by atoms with Gasteiger partial charge in [-0.15, -0.1) is 0 Å². The Morgan fingerprint density at radius 3 is 2.57 bits per heavy atom. The Morgan fingerprint density at radius 2 is 1.95 bits per heavy atom. The third-order valence-corrected chi connectivity index (χ3v) is 3.61. The van der Waals surface area contributed by atoms with Crippen molar-refractivity contribution in [3.63, 3.8) is 0 Å². The molecular weight excluding hydrogens is 268 g/mol. The number of anilines is 2. The molecule has 0 unspecified atom stereocenters. The fourth-order valence-corrected chi connectivity index (χ4v) is 2.67. The molecule has 1 N–H and O–H groups in total. The summed E-state index contributed by atoms with van der Waals surface area (Å²) in [5, 5.41) is 3.28. The summed E-state index contributed by atoms with van der Waals surface area (Å²) >= 11 is 0. The van der Waals surface area contributed by atoms with E-state index in [1.165, 1.54) is 0 Å². The number of benzene rings is 1. The van der Waals surface area contributed by atoms with Crippen LogP contribution in [0.5, 0.6) is 11.5 Å². The average Bonchev–Trinajstić information content (AvgIpc) is 2.41. The molecule has 1 aromatic rings. The number of carbonyl (C=O) groups is 1. The first-order valence-electron chi connectivity index (χ1n) is 7.06. The molecule has 112 valence electrons. The van der Waals surface area contributed by atoms with Gasteiger partial charge in [0.25, 0.3) is 5.91 Å². The maximum absolute atomic E-state index is 12.7. The van der Waals surface area contributed by atoms with Crippen molar-refractivity contribution in [2.75, 3.05) is 30.0 Å². The van der Waals surface area contributed by atoms with E-state index in [0.29, 0.717) is 31.3 Å². The number of carbonyl (C=O) groups excluding carboxylic acids is 1. The van der Waals surface area contributed by atoms with Crippen LogP contribution in [-0.2, 0) is 4.79 Å². The number of hydrogen-bond acceptors (Lipinski definition) is 4. The molecule has 0 saturated heterocycles. The van der Waals surface area contributed by atoms with Crippen LogP contribution in [0.2, 0.25) is 0 Å². The Balaban J connectivity index is 2.11. The van der Waals surface area contributed by atoms with E-state index in [-0.39, 0.29) is 5.91 Å². The SMILES string of the molecule is C=C(C)CN1C(=O)C(C)(C)Nc2cc3c(cc21)OCCO3. The molecule has 0 radical (unpaired) electrons. The minimum atomic E-state index is -0.661. The summed E-state index contributed by atoms with van der Waals surface area (Å²) in [6.45, 7) is 11.2. The van der Waals surface area contributed by atoms with Gasteiger partial charge in [0.05, 0.1) is 11.4 Å². The smallest absolute Gasteiger partial charge is 0.252 e. The van der Waals surface area contributed by atoms with Gasteiger partial charge in [0.2, 0.25) is 0 Å². The van der Waals surface area contributed by atoms with Crippen LogP contribution in [0.15, 0.2) is 24.3 Å². The van der Waals surface area contributed by atoms with Crippen LogP contribution < -0.4 is 19.7 Å². The normalized spacial score (nSPS) is 18.8. The summed E-state index contributed by atoms with van der Waals surface area (Å²) in [6, 6.07) is 3.77. The van der Waals surface area contributed by atoms with Crippen molar-refractivity contribution in [2.45, 2.75) is 26.3 Å². The predicted molar refractivity (Wildman–Crippen MR) is 82.3 cm³/mol. The van der Waals surface area contributed by atoms with Gasteiger partial charge in [-0.3, -0.25) is 4.79 Å². The second-order valence-electron chi connectivity index (χ2n) is 6.11. The monoisotopic (exact) mass is 288 g/mol. The maximum Gasteiger partial charge on any atom is 0.252 e. The van der Waals surface area contributed by atoms with Gasteiger partial charge in [-0.25, -0.2) is 0 Å². The molecule has 21 heavy (non-hydrogen) atoms. The zero-order valence-corrected chi connectivity index (χ0v) is 12.7. The largest absolute Gasteiger partial charge is 0.486 e. The Bertz CT molecular complexity index is 622. The highest BCUT2D eigenvalue weighted by atomic mass is 16.6. The highest BCUT2D eigenvalue weighted by Crippen LogP contribution is 2.44. The van der Waals surface area contributed by atoms with E-state index in [0.717, 1.165) is 16.9 Å². The first-order valence-corrected chi connectivity index (χ1v) is 7.06. The zero-order chi connectivity index (χ0) is 15.2. The van der Waals surface area contributed by atoms with E-state index in [4.69, 9.17) is 9.47 Å². The number of fused-ring (bicyclic) bond motifs is 2. The van der Waals surface area contributed by atoms with Gasteiger partial charge in [0.15, 0.2) is 11.5 Å². The van der Waals surface area contributed by atoms with Gasteiger partial charge in [-0.2, -0.15) is 0 Å². The summed E-state index contributed by atoms with van der Waals surface area (Å²) in [7, 11) is 0. The molecule has 0 fully saturated rings. The first-order chi connectivity index (χ1) is 9.88. The Morgan fingerprint density at radius 1 is 1.33 bits per heavy atom. The molecule has 1 amide bonds. The van der Waals surface area contributed by atoms with Crippen molar-refractivity contribution < 1.29 is 14.3 Å². The predicted octanol–water partition coefficient (Wildman–Crippen LogP) is 2.57. The van der Waals surface area contributed by atoms with Crippen molar-refractivity contribution in [3.8, 4) is 11.5 Å². The van der Waals surface area contributed by atoms with Crippen LogP contribution >= 0.6 is 0 Å². The van der Waals surface area contributed by atoms with E-state index in [1.807, 2.05) is 32.9 Å². The zero-order valence-electron chi connectivity index (χ0n) is 12.7. The topological polar surface area (TPSA) is 50.8 Å². The molecule has 0 aliphatic carbocycles. The molecule has 3 rings (SSSR count). The highest BCUT2D eigenvalue weighted by Gasteiger charge is 2.39. The molecule has 2 aliphatic rings. The van der Waals surface area contributed by atoms with Crippen LogP contribution in [0, 0.1) is 0 Å². The van der Waals surface area contributed by atoms with Crippen LogP contribution in [-0.4, -0.2) is 31.2 Å². The lowest BCUT2D eigenvalue weighted by atomic mass is 9.97. The fraction of sp³-hybridized carbons (Fsp3) is 0.438. The lowest BCUT2D eigenvalue weighted by molar-refractivity contribution is -0.122. The van der Waals surface area contributed by atoms with Crippen molar-refractivity contribution in [1.29, 1.82) is 0 Å². The van der Waals surface area contributed by atoms with Gasteiger partial charge in [-0.1, -0.05) is 12.2 Å². The van der Waals surface area contributed by atoms with Crippen LogP contribution in [0.25, 0.3) is 0 Å². The second kappa shape index (κ2) is 4.69. The highest BCUT2D eigenvalue weighted by molar-refractivity contribution is 6.08. The van der Waals surface area contributed by atoms with E-state index in [2.05, 4.69) is 11.9 Å². The first kappa shape index (κ1) is 13.8. The minimum Gasteiger partial charge on any atom is -0.486 e. The Labute approximate surface area is 124 Å². The van der Waals surface area contributed by atoms with Gasteiger partial charge < -0.3 is 19.7 Å². The molecular formula is C16H20N2O3. The van der Waals surface area contributed by atoms with E-state index >= 15 is 0 Å². The maximum atomic E-state index is 12.7. The van der Waals surface area contributed by atoms with Gasteiger partial charge >= 0.3 is 0 Å². The molecule has 0 spiro atoms. The number of amides is 1. The molecule has 5 heteroatoms. The second-order valence-corrected chi connectivity index (χ2v) is 6.11. The molecule has 0 atom stereocenters. The number of rotatable bonds is 2. The van der Waals surface area contributed by atoms with E-state index < -0.39 is 5.54 Å². The molecule has 5 nitrogen and oxygen atoms in total. The third kappa shape index (κ3) is 2.33. The third-order valence-electron chi connectivity index (χ3n) is 3.61. The summed E-state index contributed by atoms with van der Waals surface area (Å²) in [6.07, 6.45) is 0. The molecule has 0 bridgehead atoms. The number of nitrogens with one attached hydrogen (secondary N) is 1. The minimum absolute atomic E-state index is 0.0228. The fourth-order valence-electron chi connectivity index (χ4n) is 2.67. The van der Waals surface area contributed by atoms with Crippen molar-refractivity contribution in [3.05, 3.63) is 24.3 Å². The van der Waals surface area contributed by atoms with Gasteiger partial charge in [0, 0.05) is 18.7 Å². The number of hydrogen-bond donors (Lipinski definition) is 1. The summed E-state index contributed by atoms with van der Waals surface area (Å²) in [4.78, 5) is 14.4.